The molecular weight excluding hydrogens is 436 g/mol. The van der Waals surface area contributed by atoms with E-state index in [-0.39, 0.29) is 17.1 Å². The van der Waals surface area contributed by atoms with Crippen LogP contribution in [0.2, 0.25) is 0 Å². The lowest BCUT2D eigenvalue weighted by Crippen LogP contribution is -2.07. The molecule has 0 atom stereocenters. The second kappa shape index (κ2) is 11.7. The molecule has 3 aromatic carbocycles. The van der Waals surface area contributed by atoms with Crippen LogP contribution < -0.4 is 28.4 Å². The van der Waals surface area contributed by atoms with Crippen molar-refractivity contribution in [3.63, 3.8) is 0 Å². The Balaban J connectivity index is 1.95. The van der Waals surface area contributed by atoms with Gasteiger partial charge in [0.15, 0.2) is 28.8 Å². The number of ether oxygens (including phenoxy) is 6. The van der Waals surface area contributed by atoms with Crippen LogP contribution in [-0.4, -0.2) is 41.3 Å². The molecule has 0 heterocycles. The summed E-state index contributed by atoms with van der Waals surface area (Å²) in [5.74, 6) is 2.09. The molecule has 34 heavy (non-hydrogen) atoms. The monoisotopic (exact) mass is 464 g/mol. The summed E-state index contributed by atoms with van der Waals surface area (Å²) in [7, 11) is 7.56. The Bertz CT molecular complexity index is 1150. The van der Waals surface area contributed by atoms with Crippen molar-refractivity contribution in [3.8, 4) is 34.5 Å². The number of hydrogen-bond acceptors (Lipinski definition) is 7. The molecule has 0 bridgehead atoms. The van der Waals surface area contributed by atoms with Crippen LogP contribution in [0.25, 0.3) is 6.08 Å². The van der Waals surface area contributed by atoms with Crippen LogP contribution in [-0.2, 0) is 6.61 Å². The molecule has 3 rings (SSSR count). The van der Waals surface area contributed by atoms with Crippen molar-refractivity contribution in [1.29, 1.82) is 0 Å². The number of allylic oxidation sites excluding steroid dienone is 1. The molecule has 7 heteroatoms. The first-order chi connectivity index (χ1) is 16.6. The van der Waals surface area contributed by atoms with E-state index in [2.05, 4.69) is 0 Å². The van der Waals surface area contributed by atoms with Gasteiger partial charge in [-0.1, -0.05) is 42.5 Å². The van der Waals surface area contributed by atoms with E-state index in [1.54, 1.807) is 38.5 Å². The molecule has 0 radical (unpaired) electrons. The molecule has 0 aliphatic heterocycles. The summed E-state index contributed by atoms with van der Waals surface area (Å²) in [6.07, 6.45) is 3.11. The molecule has 0 saturated heterocycles. The van der Waals surface area contributed by atoms with Crippen LogP contribution in [0.3, 0.4) is 0 Å². The van der Waals surface area contributed by atoms with E-state index < -0.39 is 0 Å². The van der Waals surface area contributed by atoms with Gasteiger partial charge in [0.25, 0.3) is 0 Å². The summed E-state index contributed by atoms with van der Waals surface area (Å²) in [5, 5.41) is 0. The Morgan fingerprint density at radius 3 is 2.00 bits per heavy atom. The molecule has 178 valence electrons. The lowest BCUT2D eigenvalue weighted by Gasteiger charge is -2.18. The molecule has 7 nitrogen and oxygen atoms in total. The molecule has 0 fully saturated rings. The Labute approximate surface area is 199 Å². The Kier molecular flexibility index (Phi) is 8.40. The highest BCUT2D eigenvalue weighted by molar-refractivity contribution is 6.11. The standard InChI is InChI=1S/C27H28O7/c1-29-21-14-12-18(15-22(21)30-2)11-13-20(28)25-23(31-3)16-24(26(32-4)27(25)33-5)34-17-19-9-7-6-8-10-19/h6-16H,17H2,1-5H3/b13-11+. The molecule has 0 aliphatic rings. The van der Waals surface area contributed by atoms with Gasteiger partial charge in [-0.2, -0.15) is 0 Å². The highest BCUT2D eigenvalue weighted by Crippen LogP contribution is 2.45. The zero-order valence-electron chi connectivity index (χ0n) is 19.9. The normalized spacial score (nSPS) is 10.6. The third-order valence-electron chi connectivity index (χ3n) is 5.11. The minimum atomic E-state index is -0.323. The summed E-state index contributed by atoms with van der Waals surface area (Å²) < 4.78 is 33.2. The third-order valence-corrected chi connectivity index (χ3v) is 5.11. The van der Waals surface area contributed by atoms with Crippen molar-refractivity contribution in [2.45, 2.75) is 6.61 Å². The summed E-state index contributed by atoms with van der Waals surface area (Å²) in [4.78, 5) is 13.2. The van der Waals surface area contributed by atoms with Gasteiger partial charge in [-0.05, 0) is 29.3 Å². The second-order valence-electron chi connectivity index (χ2n) is 7.10. The maximum absolute atomic E-state index is 13.2. The largest absolute Gasteiger partial charge is 0.496 e. The number of methoxy groups -OCH3 is 5. The van der Waals surface area contributed by atoms with Gasteiger partial charge in [-0.25, -0.2) is 0 Å². The summed E-state index contributed by atoms with van der Waals surface area (Å²) >= 11 is 0. The van der Waals surface area contributed by atoms with Gasteiger partial charge >= 0.3 is 0 Å². The molecule has 0 amide bonds. The number of hydrogen-bond donors (Lipinski definition) is 0. The molecular formula is C27H28O7. The SMILES string of the molecule is COc1ccc(/C=C/C(=O)c2c(OC)cc(OCc3ccccc3)c(OC)c2OC)cc1OC. The number of carbonyl (C=O) groups excluding carboxylic acids is 1. The molecule has 0 spiro atoms. The Hall–Kier alpha value is -4.13. The maximum Gasteiger partial charge on any atom is 0.204 e. The van der Waals surface area contributed by atoms with Crippen molar-refractivity contribution < 1.29 is 33.2 Å². The zero-order valence-corrected chi connectivity index (χ0v) is 19.9. The number of carbonyl (C=O) groups is 1. The summed E-state index contributed by atoms with van der Waals surface area (Å²) in [6.45, 7) is 0.315. The van der Waals surface area contributed by atoms with E-state index in [0.29, 0.717) is 35.4 Å². The van der Waals surface area contributed by atoms with Crippen LogP contribution in [0, 0.1) is 0 Å². The average molecular weight is 465 g/mol. The minimum absolute atomic E-state index is 0.227. The first-order valence-corrected chi connectivity index (χ1v) is 10.5. The predicted octanol–water partition coefficient (Wildman–Crippen LogP) is 5.20. The van der Waals surface area contributed by atoms with Crippen LogP contribution in [0.15, 0.2) is 60.7 Å². The fraction of sp³-hybridized carbons (Fsp3) is 0.222. The number of ketones is 1. The molecule has 0 aromatic heterocycles. The van der Waals surface area contributed by atoms with Crippen LogP contribution >= 0.6 is 0 Å². The molecule has 0 aliphatic carbocycles. The minimum Gasteiger partial charge on any atom is -0.496 e. The van der Waals surface area contributed by atoms with E-state index in [9.17, 15) is 4.79 Å². The molecule has 0 saturated carbocycles. The van der Waals surface area contributed by atoms with Crippen molar-refractivity contribution >= 4 is 11.9 Å². The summed E-state index contributed by atoms with van der Waals surface area (Å²) in [5.41, 5.74) is 1.98. The van der Waals surface area contributed by atoms with Crippen LogP contribution in [0.4, 0.5) is 0 Å². The van der Waals surface area contributed by atoms with Gasteiger partial charge in [0.1, 0.15) is 17.9 Å². The maximum atomic E-state index is 13.2. The molecule has 0 N–H and O–H groups in total. The predicted molar refractivity (Wildman–Crippen MR) is 130 cm³/mol. The Morgan fingerprint density at radius 2 is 1.38 bits per heavy atom. The fourth-order valence-corrected chi connectivity index (χ4v) is 3.43. The van der Waals surface area contributed by atoms with E-state index in [1.165, 1.54) is 27.4 Å². The summed E-state index contributed by atoms with van der Waals surface area (Å²) in [6, 6.07) is 16.7. The van der Waals surface area contributed by atoms with Crippen molar-refractivity contribution in [2.75, 3.05) is 35.5 Å². The van der Waals surface area contributed by atoms with Gasteiger partial charge in [0, 0.05) is 6.07 Å². The first-order valence-electron chi connectivity index (χ1n) is 10.5. The lowest BCUT2D eigenvalue weighted by atomic mass is 10.0. The Morgan fingerprint density at radius 1 is 0.706 bits per heavy atom. The van der Waals surface area contributed by atoms with E-state index in [1.807, 2.05) is 36.4 Å². The molecule has 3 aromatic rings. The van der Waals surface area contributed by atoms with Crippen LogP contribution in [0.1, 0.15) is 21.5 Å². The van der Waals surface area contributed by atoms with E-state index >= 15 is 0 Å². The smallest absolute Gasteiger partial charge is 0.204 e. The van der Waals surface area contributed by atoms with Gasteiger partial charge < -0.3 is 28.4 Å². The highest BCUT2D eigenvalue weighted by Gasteiger charge is 2.25. The van der Waals surface area contributed by atoms with Crippen molar-refractivity contribution in [3.05, 3.63) is 77.4 Å². The number of benzene rings is 3. The topological polar surface area (TPSA) is 72.5 Å². The quantitative estimate of drug-likeness (QED) is 0.285. The third kappa shape index (κ3) is 5.43. The van der Waals surface area contributed by atoms with Gasteiger partial charge in [0.2, 0.25) is 5.75 Å². The fourth-order valence-electron chi connectivity index (χ4n) is 3.43. The van der Waals surface area contributed by atoms with E-state index in [4.69, 9.17) is 28.4 Å². The second-order valence-corrected chi connectivity index (χ2v) is 7.10. The average Bonchev–Trinajstić information content (AvgIpc) is 2.89. The number of rotatable bonds is 11. The zero-order chi connectivity index (χ0) is 24.5. The van der Waals surface area contributed by atoms with Gasteiger partial charge in [-0.15, -0.1) is 0 Å². The van der Waals surface area contributed by atoms with Crippen LogP contribution in [0.5, 0.6) is 34.5 Å². The van der Waals surface area contributed by atoms with E-state index in [0.717, 1.165) is 11.1 Å². The van der Waals surface area contributed by atoms with Crippen molar-refractivity contribution in [2.24, 2.45) is 0 Å². The van der Waals surface area contributed by atoms with Gasteiger partial charge in [0.05, 0.1) is 35.5 Å². The highest BCUT2D eigenvalue weighted by atomic mass is 16.5. The van der Waals surface area contributed by atoms with Gasteiger partial charge in [-0.3, -0.25) is 4.79 Å². The van der Waals surface area contributed by atoms with Crippen molar-refractivity contribution in [1.82, 2.24) is 0 Å². The first kappa shape index (κ1) is 24.5. The lowest BCUT2D eigenvalue weighted by molar-refractivity contribution is 0.104. The molecule has 0 unspecified atom stereocenters.